The van der Waals surface area contributed by atoms with E-state index in [1.54, 1.807) is 0 Å². The van der Waals surface area contributed by atoms with E-state index in [1.165, 1.54) is 0 Å². The van der Waals surface area contributed by atoms with Crippen LogP contribution in [0.1, 0.15) is 6.42 Å². The summed E-state index contributed by atoms with van der Waals surface area (Å²) < 4.78 is 1.85. The van der Waals surface area contributed by atoms with Crippen molar-refractivity contribution < 1.29 is 19.6 Å². The SMILES string of the molecule is C[N+]1=CN(CNC2C(O)C(O)C3CC32)C2C(=O)NC(N)=NC21. The van der Waals surface area contributed by atoms with Gasteiger partial charge in [0, 0.05) is 6.04 Å². The summed E-state index contributed by atoms with van der Waals surface area (Å²) in [6.45, 7) is 0.409. The third kappa shape index (κ3) is 1.93. The highest BCUT2D eigenvalue weighted by molar-refractivity contribution is 6.01. The van der Waals surface area contributed by atoms with Crippen LogP contribution in [-0.2, 0) is 4.79 Å². The minimum atomic E-state index is -0.742. The molecule has 1 amide bonds. The average Bonchev–Trinajstić information content (AvgIpc) is 3.12. The minimum Gasteiger partial charge on any atom is -0.390 e. The molecule has 0 bridgehead atoms. The number of carbonyl (C=O) groups is 1. The van der Waals surface area contributed by atoms with Crippen molar-refractivity contribution in [2.45, 2.75) is 36.9 Å². The summed E-state index contributed by atoms with van der Waals surface area (Å²) in [7, 11) is 1.85. The Balaban J connectivity index is 1.45. The molecule has 7 unspecified atom stereocenters. The molecule has 2 aliphatic heterocycles. The number of fused-ring (bicyclic) bond motifs is 2. The number of carbonyl (C=O) groups excluding carboxylic acids is 1. The number of guanidine groups is 1. The molecule has 7 atom stereocenters. The Labute approximate surface area is 127 Å². The van der Waals surface area contributed by atoms with Gasteiger partial charge in [-0.05, 0) is 18.3 Å². The van der Waals surface area contributed by atoms with Crippen LogP contribution in [0.2, 0.25) is 0 Å². The lowest BCUT2D eigenvalue weighted by molar-refractivity contribution is -0.524. The van der Waals surface area contributed by atoms with Crippen LogP contribution in [0.5, 0.6) is 0 Å². The normalized spacial score (nSPS) is 45.9. The van der Waals surface area contributed by atoms with Crippen molar-refractivity contribution in [1.29, 1.82) is 0 Å². The molecule has 0 spiro atoms. The molecule has 2 heterocycles. The lowest BCUT2D eigenvalue weighted by Crippen LogP contribution is -2.59. The second kappa shape index (κ2) is 4.64. The third-order valence-corrected chi connectivity index (χ3v) is 5.20. The number of aliphatic hydroxyl groups excluding tert-OH is 2. The molecule has 0 radical (unpaired) electrons. The van der Waals surface area contributed by atoms with Crippen molar-refractivity contribution in [3.05, 3.63) is 0 Å². The number of nitrogens with zero attached hydrogens (tertiary/aromatic N) is 3. The van der Waals surface area contributed by atoms with Gasteiger partial charge in [0.05, 0.1) is 19.3 Å². The molecule has 0 aromatic rings. The van der Waals surface area contributed by atoms with Gasteiger partial charge in [-0.15, -0.1) is 0 Å². The monoisotopic (exact) mass is 309 g/mol. The molecule has 4 rings (SSSR count). The molecule has 0 aromatic heterocycles. The van der Waals surface area contributed by atoms with Crippen LogP contribution in [0.3, 0.4) is 0 Å². The second-order valence-corrected chi connectivity index (χ2v) is 6.59. The van der Waals surface area contributed by atoms with Crippen LogP contribution >= 0.6 is 0 Å². The maximum atomic E-state index is 12.1. The van der Waals surface area contributed by atoms with E-state index in [2.05, 4.69) is 15.6 Å². The zero-order valence-electron chi connectivity index (χ0n) is 12.3. The van der Waals surface area contributed by atoms with Crippen LogP contribution < -0.4 is 16.4 Å². The molecule has 2 fully saturated rings. The van der Waals surface area contributed by atoms with E-state index < -0.39 is 18.2 Å². The number of aliphatic imine (C=N–C) groups is 1. The lowest BCUT2D eigenvalue weighted by atomic mass is 10.1. The summed E-state index contributed by atoms with van der Waals surface area (Å²) in [4.78, 5) is 18.3. The third-order valence-electron chi connectivity index (χ3n) is 5.20. The Hall–Kier alpha value is -1.71. The van der Waals surface area contributed by atoms with E-state index >= 15 is 0 Å². The summed E-state index contributed by atoms with van der Waals surface area (Å²) in [5.74, 6) is 0.496. The first-order chi connectivity index (χ1) is 10.5. The van der Waals surface area contributed by atoms with Gasteiger partial charge in [0.15, 0.2) is 5.96 Å². The van der Waals surface area contributed by atoms with E-state index in [4.69, 9.17) is 5.73 Å². The van der Waals surface area contributed by atoms with E-state index in [1.807, 2.05) is 22.9 Å². The van der Waals surface area contributed by atoms with Gasteiger partial charge in [0.1, 0.15) is 6.67 Å². The van der Waals surface area contributed by atoms with Crippen LogP contribution in [0.25, 0.3) is 0 Å². The van der Waals surface area contributed by atoms with Crippen molar-refractivity contribution in [3.63, 3.8) is 0 Å². The molecule has 9 nitrogen and oxygen atoms in total. The van der Waals surface area contributed by atoms with Gasteiger partial charge >= 0.3 is 0 Å². The predicted octanol–water partition coefficient (Wildman–Crippen LogP) is -3.60. The number of aliphatic hydroxyl groups is 2. The molecule has 4 aliphatic rings. The Kier molecular flexibility index (Phi) is 2.94. The quantitative estimate of drug-likeness (QED) is 0.343. The van der Waals surface area contributed by atoms with E-state index in [9.17, 15) is 15.0 Å². The Morgan fingerprint density at radius 3 is 2.95 bits per heavy atom. The van der Waals surface area contributed by atoms with Crippen molar-refractivity contribution in [3.8, 4) is 0 Å². The number of amides is 1. The second-order valence-electron chi connectivity index (χ2n) is 6.59. The zero-order chi connectivity index (χ0) is 15.6. The Morgan fingerprint density at radius 1 is 1.50 bits per heavy atom. The maximum absolute atomic E-state index is 12.1. The van der Waals surface area contributed by atoms with Gasteiger partial charge in [-0.25, -0.2) is 14.5 Å². The van der Waals surface area contributed by atoms with Crippen molar-refractivity contribution in [1.82, 2.24) is 15.5 Å². The molecule has 2 saturated carbocycles. The molecule has 2 aliphatic carbocycles. The van der Waals surface area contributed by atoms with Crippen LogP contribution in [-0.4, -0.2) is 82.1 Å². The van der Waals surface area contributed by atoms with Gasteiger partial charge in [-0.3, -0.25) is 15.4 Å². The molecular formula is C13H21N6O3+. The Morgan fingerprint density at radius 2 is 2.27 bits per heavy atom. The van der Waals surface area contributed by atoms with Crippen molar-refractivity contribution in [2.75, 3.05) is 13.7 Å². The highest BCUT2D eigenvalue weighted by Gasteiger charge is 2.59. The fourth-order valence-corrected chi connectivity index (χ4v) is 3.97. The predicted molar refractivity (Wildman–Crippen MR) is 76.8 cm³/mol. The molecule has 9 heteroatoms. The van der Waals surface area contributed by atoms with Gasteiger partial charge in [-0.2, -0.15) is 0 Å². The summed E-state index contributed by atoms with van der Waals surface area (Å²) >= 11 is 0. The van der Waals surface area contributed by atoms with Crippen molar-refractivity contribution >= 4 is 18.2 Å². The number of hydrogen-bond acceptors (Lipinski definition) is 7. The smallest absolute Gasteiger partial charge is 0.278 e. The fraction of sp³-hybridized carbons (Fsp3) is 0.769. The molecule has 0 saturated heterocycles. The lowest BCUT2D eigenvalue weighted by Gasteiger charge is -2.26. The summed E-state index contributed by atoms with van der Waals surface area (Å²) in [5, 5.41) is 25.7. The first-order valence-corrected chi connectivity index (χ1v) is 7.53. The van der Waals surface area contributed by atoms with Crippen LogP contribution in [0.15, 0.2) is 4.99 Å². The number of likely N-dealkylation sites (N-methyl/N-ethyl adjacent to an activating group) is 1. The summed E-state index contributed by atoms with van der Waals surface area (Å²) in [6.07, 6.45) is 1.07. The van der Waals surface area contributed by atoms with Crippen LogP contribution in [0, 0.1) is 11.8 Å². The number of nitrogens with one attached hydrogen (secondary N) is 2. The van der Waals surface area contributed by atoms with Gasteiger partial charge < -0.3 is 15.9 Å². The zero-order valence-corrected chi connectivity index (χ0v) is 12.3. The number of hydrogen-bond donors (Lipinski definition) is 5. The molecular weight excluding hydrogens is 288 g/mol. The van der Waals surface area contributed by atoms with Gasteiger partial charge in [0.2, 0.25) is 18.5 Å². The van der Waals surface area contributed by atoms with E-state index in [0.29, 0.717) is 12.6 Å². The first-order valence-electron chi connectivity index (χ1n) is 7.53. The first kappa shape index (κ1) is 13.9. The van der Waals surface area contributed by atoms with Gasteiger partial charge in [0.25, 0.3) is 5.91 Å². The topological polar surface area (TPSA) is 126 Å². The minimum absolute atomic E-state index is 0.127. The van der Waals surface area contributed by atoms with Crippen molar-refractivity contribution in [2.24, 2.45) is 22.6 Å². The highest BCUT2D eigenvalue weighted by atomic mass is 16.3. The number of nitrogens with two attached hydrogens (primary N) is 1. The van der Waals surface area contributed by atoms with E-state index in [0.717, 1.165) is 6.42 Å². The van der Waals surface area contributed by atoms with E-state index in [-0.39, 0.29) is 30.0 Å². The van der Waals surface area contributed by atoms with Crippen LogP contribution in [0.4, 0.5) is 0 Å². The molecule has 0 aromatic carbocycles. The summed E-state index contributed by atoms with van der Waals surface area (Å²) in [6, 6.07) is -0.568. The Bertz CT molecular complexity index is 578. The highest BCUT2D eigenvalue weighted by Crippen LogP contribution is 2.51. The summed E-state index contributed by atoms with van der Waals surface area (Å²) in [5.41, 5.74) is 5.60. The molecule has 120 valence electrons. The largest absolute Gasteiger partial charge is 0.390 e. The fourth-order valence-electron chi connectivity index (χ4n) is 3.97. The van der Waals surface area contributed by atoms with Gasteiger partial charge in [-0.1, -0.05) is 0 Å². The molecule has 22 heavy (non-hydrogen) atoms. The standard InChI is InChI=1S/C13H20N6O3/c1-18-4-19(8-11(18)16-13(14)17-12(8)22)3-15-7-5-2-6(5)9(20)10(7)21/h4-11,15,20-21H,2-3H2,1H3,(H2-,14,16,17,22)/p+1. The maximum Gasteiger partial charge on any atom is 0.278 e. The number of rotatable bonds is 3. The molecule has 6 N–H and O–H groups in total. The average molecular weight is 309 g/mol.